The third-order valence-electron chi connectivity index (χ3n) is 6.03. The summed E-state index contributed by atoms with van der Waals surface area (Å²) in [6.07, 6.45) is 1.93. The molecule has 168 valence electrons. The van der Waals surface area contributed by atoms with Gasteiger partial charge in [-0.25, -0.2) is 13.1 Å². The summed E-state index contributed by atoms with van der Waals surface area (Å²) in [6.45, 7) is 9.64. The minimum absolute atomic E-state index is 0.0455. The lowest BCUT2D eigenvalue weighted by Gasteiger charge is -2.28. The number of carbonyl (C=O) groups excluding carboxylic acids is 1. The van der Waals surface area contributed by atoms with Gasteiger partial charge in [-0.05, 0) is 87.0 Å². The predicted molar refractivity (Wildman–Crippen MR) is 125 cm³/mol. The van der Waals surface area contributed by atoms with E-state index >= 15 is 0 Å². The molecule has 2 aromatic rings. The Morgan fingerprint density at radius 3 is 2.39 bits per heavy atom. The zero-order valence-corrected chi connectivity index (χ0v) is 19.6. The van der Waals surface area contributed by atoms with Crippen LogP contribution in [0.3, 0.4) is 0 Å². The van der Waals surface area contributed by atoms with Crippen molar-refractivity contribution in [1.82, 2.24) is 10.0 Å². The van der Waals surface area contributed by atoms with Crippen LogP contribution in [0.15, 0.2) is 47.4 Å². The van der Waals surface area contributed by atoms with Crippen LogP contribution >= 0.6 is 0 Å². The van der Waals surface area contributed by atoms with Crippen LogP contribution < -0.4 is 15.4 Å². The number of rotatable bonds is 7. The van der Waals surface area contributed by atoms with Gasteiger partial charge in [-0.15, -0.1) is 0 Å². The number of aryl methyl sites for hydroxylation is 1. The highest BCUT2D eigenvalue weighted by Gasteiger charge is 2.26. The Kier molecular flexibility index (Phi) is 7.51. The monoisotopic (exact) mass is 443 g/mol. The molecule has 1 fully saturated rings. The zero-order chi connectivity index (χ0) is 22.6. The van der Waals surface area contributed by atoms with E-state index in [9.17, 15) is 13.2 Å². The van der Waals surface area contributed by atoms with E-state index < -0.39 is 10.0 Å². The molecule has 0 radical (unpaired) electrons. The Hall–Kier alpha value is -2.22. The molecule has 0 aromatic heterocycles. The Labute approximate surface area is 185 Å². The lowest BCUT2D eigenvalue weighted by Crippen LogP contribution is -2.42. The number of amides is 1. The molecule has 7 heteroatoms. The van der Waals surface area contributed by atoms with Crippen LogP contribution in [0.25, 0.3) is 0 Å². The topological polar surface area (TPSA) is 87.3 Å². The molecule has 1 amide bonds. The molecule has 0 aliphatic carbocycles. The van der Waals surface area contributed by atoms with Gasteiger partial charge in [0.1, 0.15) is 0 Å². The third-order valence-corrected chi connectivity index (χ3v) is 7.58. The van der Waals surface area contributed by atoms with Crippen LogP contribution in [0.5, 0.6) is 0 Å². The van der Waals surface area contributed by atoms with Gasteiger partial charge in [0.25, 0.3) is 5.91 Å². The summed E-state index contributed by atoms with van der Waals surface area (Å²) in [4.78, 5) is 13.0. The summed E-state index contributed by atoms with van der Waals surface area (Å²) in [5.74, 6) is 0.172. The van der Waals surface area contributed by atoms with Crippen molar-refractivity contribution in [2.75, 3.05) is 18.4 Å². The van der Waals surface area contributed by atoms with E-state index in [1.807, 2.05) is 45.9 Å². The molecule has 6 nitrogen and oxygen atoms in total. The summed E-state index contributed by atoms with van der Waals surface area (Å²) in [5, 5.41) is 6.27. The second kappa shape index (κ2) is 9.94. The first kappa shape index (κ1) is 23.4. The molecule has 0 bridgehead atoms. The fraction of sp³-hybridized carbons (Fsp3) is 0.458. The van der Waals surface area contributed by atoms with Crippen LogP contribution in [0, 0.1) is 12.8 Å². The minimum atomic E-state index is -3.65. The first-order chi connectivity index (χ1) is 14.7. The number of carbonyl (C=O) groups is 1. The van der Waals surface area contributed by atoms with Gasteiger partial charge >= 0.3 is 0 Å². The number of hydrogen-bond donors (Lipinski definition) is 3. The third kappa shape index (κ3) is 5.73. The standard InChI is InChI=1S/C24H33N3O3S/c1-16(2)22-15-20(31(29,30)27-18(4)19-11-13-25-14-12-19)9-10-23(22)26-24(28)21-8-6-5-7-17(21)3/h5-10,15-16,18-19,25,27H,11-14H2,1-4H3,(H,26,28). The molecule has 1 unspecified atom stereocenters. The number of nitrogens with one attached hydrogen (secondary N) is 3. The van der Waals surface area contributed by atoms with Crippen LogP contribution in [0.2, 0.25) is 0 Å². The van der Waals surface area contributed by atoms with Gasteiger partial charge in [-0.2, -0.15) is 0 Å². The van der Waals surface area contributed by atoms with E-state index in [1.165, 1.54) is 0 Å². The lowest BCUT2D eigenvalue weighted by atomic mass is 9.92. The van der Waals surface area contributed by atoms with Crippen LogP contribution in [0.4, 0.5) is 5.69 Å². The maximum absolute atomic E-state index is 13.0. The predicted octanol–water partition coefficient (Wildman–Crippen LogP) is 4.04. The molecule has 31 heavy (non-hydrogen) atoms. The van der Waals surface area contributed by atoms with Crippen molar-refractivity contribution < 1.29 is 13.2 Å². The van der Waals surface area contributed by atoms with E-state index in [2.05, 4.69) is 15.4 Å². The first-order valence-corrected chi connectivity index (χ1v) is 12.4. The van der Waals surface area contributed by atoms with E-state index in [0.29, 0.717) is 17.2 Å². The fourth-order valence-electron chi connectivity index (χ4n) is 4.07. The molecular formula is C24H33N3O3S. The second-order valence-electron chi connectivity index (χ2n) is 8.67. The largest absolute Gasteiger partial charge is 0.322 e. The SMILES string of the molecule is Cc1ccccc1C(=O)Nc1ccc(S(=O)(=O)NC(C)C2CCNCC2)cc1C(C)C. The van der Waals surface area contributed by atoms with Crippen LogP contribution in [-0.4, -0.2) is 33.5 Å². The highest BCUT2D eigenvalue weighted by molar-refractivity contribution is 7.89. The maximum Gasteiger partial charge on any atom is 0.255 e. The second-order valence-corrected chi connectivity index (χ2v) is 10.4. The highest BCUT2D eigenvalue weighted by Crippen LogP contribution is 2.28. The summed E-state index contributed by atoms with van der Waals surface area (Å²) < 4.78 is 29.0. The number of benzene rings is 2. The molecule has 3 rings (SSSR count). The minimum Gasteiger partial charge on any atom is -0.322 e. The van der Waals surface area contributed by atoms with Crippen molar-refractivity contribution in [1.29, 1.82) is 0 Å². The number of hydrogen-bond acceptors (Lipinski definition) is 4. The van der Waals surface area contributed by atoms with Crippen molar-refractivity contribution in [3.05, 3.63) is 59.2 Å². The number of anilines is 1. The van der Waals surface area contributed by atoms with Gasteiger partial charge in [-0.3, -0.25) is 4.79 Å². The molecule has 1 aliphatic rings. The van der Waals surface area contributed by atoms with Gasteiger partial charge in [-0.1, -0.05) is 32.0 Å². The first-order valence-electron chi connectivity index (χ1n) is 10.9. The Balaban J connectivity index is 1.82. The van der Waals surface area contributed by atoms with Crippen molar-refractivity contribution in [3.8, 4) is 0 Å². The normalized spacial score (nSPS) is 16.3. The fourth-order valence-corrected chi connectivity index (χ4v) is 5.42. The molecule has 0 saturated carbocycles. The molecular weight excluding hydrogens is 410 g/mol. The van der Waals surface area contributed by atoms with Gasteiger partial charge in [0.05, 0.1) is 4.90 Å². The molecule has 0 spiro atoms. The Morgan fingerprint density at radius 2 is 1.74 bits per heavy atom. The molecule has 1 atom stereocenters. The van der Waals surface area contributed by atoms with Crippen LogP contribution in [-0.2, 0) is 10.0 Å². The lowest BCUT2D eigenvalue weighted by molar-refractivity contribution is 0.102. The van der Waals surface area contributed by atoms with E-state index in [4.69, 9.17) is 0 Å². The average molecular weight is 444 g/mol. The van der Waals surface area contributed by atoms with Crippen LogP contribution in [0.1, 0.15) is 61.0 Å². The summed E-state index contributed by atoms with van der Waals surface area (Å²) in [5.41, 5.74) is 2.92. The number of piperidine rings is 1. The number of sulfonamides is 1. The Morgan fingerprint density at radius 1 is 1.06 bits per heavy atom. The maximum atomic E-state index is 13.0. The molecule has 3 N–H and O–H groups in total. The zero-order valence-electron chi connectivity index (χ0n) is 18.7. The summed E-state index contributed by atoms with van der Waals surface area (Å²) in [6, 6.07) is 12.2. The molecule has 1 heterocycles. The van der Waals surface area contributed by atoms with Crippen molar-refractivity contribution in [3.63, 3.8) is 0 Å². The van der Waals surface area contributed by atoms with Crippen molar-refractivity contribution in [2.24, 2.45) is 5.92 Å². The van der Waals surface area contributed by atoms with Gasteiger partial charge < -0.3 is 10.6 Å². The van der Waals surface area contributed by atoms with Gasteiger partial charge in [0.15, 0.2) is 0 Å². The Bertz CT molecular complexity index is 1030. The van der Waals surface area contributed by atoms with E-state index in [0.717, 1.165) is 37.1 Å². The smallest absolute Gasteiger partial charge is 0.255 e. The van der Waals surface area contributed by atoms with E-state index in [-0.39, 0.29) is 22.8 Å². The van der Waals surface area contributed by atoms with Crippen molar-refractivity contribution >= 4 is 21.6 Å². The molecule has 2 aromatic carbocycles. The van der Waals surface area contributed by atoms with Gasteiger partial charge in [0, 0.05) is 17.3 Å². The average Bonchev–Trinajstić information content (AvgIpc) is 2.74. The van der Waals surface area contributed by atoms with Crippen molar-refractivity contribution in [2.45, 2.75) is 57.4 Å². The molecule has 1 saturated heterocycles. The van der Waals surface area contributed by atoms with E-state index in [1.54, 1.807) is 24.3 Å². The van der Waals surface area contributed by atoms with Gasteiger partial charge in [0.2, 0.25) is 10.0 Å². The highest BCUT2D eigenvalue weighted by atomic mass is 32.2. The molecule has 1 aliphatic heterocycles. The quantitative estimate of drug-likeness (QED) is 0.603. The summed E-state index contributed by atoms with van der Waals surface area (Å²) in [7, 11) is -3.65. The summed E-state index contributed by atoms with van der Waals surface area (Å²) >= 11 is 0.